The summed E-state index contributed by atoms with van der Waals surface area (Å²) < 4.78 is 0. The monoisotopic (exact) mass is 260 g/mol. The van der Waals surface area contributed by atoms with E-state index in [2.05, 4.69) is 25.6 Å². The second-order valence-electron chi connectivity index (χ2n) is 5.09. The molecule has 1 fully saturated rings. The Morgan fingerprint density at radius 3 is 2.78 bits per heavy atom. The van der Waals surface area contributed by atoms with Crippen LogP contribution < -0.4 is 0 Å². The van der Waals surface area contributed by atoms with Crippen molar-refractivity contribution < 1.29 is 4.79 Å². The summed E-state index contributed by atoms with van der Waals surface area (Å²) in [5, 5.41) is 0.133. The van der Waals surface area contributed by atoms with Gasteiger partial charge in [0.25, 0.3) is 0 Å². The topological polar surface area (TPSA) is 17.1 Å². The zero-order valence-corrected chi connectivity index (χ0v) is 11.7. The molecule has 0 heterocycles. The van der Waals surface area contributed by atoms with Gasteiger partial charge < -0.3 is 0 Å². The van der Waals surface area contributed by atoms with E-state index in [1.807, 2.05) is 24.3 Å². The van der Waals surface area contributed by atoms with Gasteiger partial charge in [-0.1, -0.05) is 31.2 Å². The van der Waals surface area contributed by atoms with Crippen molar-refractivity contribution in [2.75, 3.05) is 0 Å². The minimum atomic E-state index is 0.133. The van der Waals surface area contributed by atoms with Crippen molar-refractivity contribution in [2.45, 2.75) is 36.3 Å². The molecule has 18 heavy (non-hydrogen) atoms. The van der Waals surface area contributed by atoms with Crippen molar-refractivity contribution in [2.24, 2.45) is 11.8 Å². The fourth-order valence-electron chi connectivity index (χ4n) is 2.57. The SMILES string of the molecule is C=CCC1CC(Sc2ccccc2)C(=O)CC1C. The van der Waals surface area contributed by atoms with Crippen molar-refractivity contribution in [3.63, 3.8) is 0 Å². The van der Waals surface area contributed by atoms with Crippen LogP contribution in [-0.4, -0.2) is 11.0 Å². The number of carbonyl (C=O) groups excluding carboxylic acids is 1. The predicted octanol–water partition coefficient (Wildman–Crippen LogP) is 4.34. The molecule has 0 saturated heterocycles. The fourth-order valence-corrected chi connectivity index (χ4v) is 3.79. The summed E-state index contributed by atoms with van der Waals surface area (Å²) in [6.07, 6.45) is 4.73. The van der Waals surface area contributed by atoms with Gasteiger partial charge in [-0.25, -0.2) is 0 Å². The van der Waals surface area contributed by atoms with Gasteiger partial charge in [-0.05, 0) is 36.8 Å². The molecule has 3 atom stereocenters. The molecule has 1 aliphatic carbocycles. The molecule has 0 aromatic heterocycles. The summed E-state index contributed by atoms with van der Waals surface area (Å²) in [4.78, 5) is 13.3. The van der Waals surface area contributed by atoms with Crippen molar-refractivity contribution in [3.8, 4) is 0 Å². The van der Waals surface area contributed by atoms with Crippen LogP contribution in [0.5, 0.6) is 0 Å². The summed E-state index contributed by atoms with van der Waals surface area (Å²) in [6.45, 7) is 6.02. The second kappa shape index (κ2) is 6.24. The molecule has 0 aliphatic heterocycles. The number of thioether (sulfide) groups is 1. The third-order valence-electron chi connectivity index (χ3n) is 3.69. The van der Waals surface area contributed by atoms with E-state index in [-0.39, 0.29) is 5.25 Å². The highest BCUT2D eigenvalue weighted by Gasteiger charge is 2.33. The smallest absolute Gasteiger partial charge is 0.146 e. The molecule has 0 N–H and O–H groups in total. The van der Waals surface area contributed by atoms with Crippen LogP contribution in [0.15, 0.2) is 47.9 Å². The van der Waals surface area contributed by atoms with E-state index in [1.54, 1.807) is 11.8 Å². The van der Waals surface area contributed by atoms with Crippen LogP contribution in [-0.2, 0) is 4.79 Å². The van der Waals surface area contributed by atoms with Crippen molar-refractivity contribution in [3.05, 3.63) is 43.0 Å². The maximum atomic E-state index is 12.1. The average molecular weight is 260 g/mol. The maximum absolute atomic E-state index is 12.1. The highest BCUT2D eigenvalue weighted by molar-refractivity contribution is 8.00. The fraction of sp³-hybridized carbons (Fsp3) is 0.438. The quantitative estimate of drug-likeness (QED) is 0.749. The van der Waals surface area contributed by atoms with E-state index >= 15 is 0 Å². The van der Waals surface area contributed by atoms with Gasteiger partial charge in [0.15, 0.2) is 0 Å². The Kier molecular flexibility index (Phi) is 4.65. The third kappa shape index (κ3) is 3.26. The molecule has 0 spiro atoms. The lowest BCUT2D eigenvalue weighted by molar-refractivity contribution is -0.121. The third-order valence-corrected chi connectivity index (χ3v) is 4.98. The zero-order chi connectivity index (χ0) is 13.0. The van der Waals surface area contributed by atoms with Gasteiger partial charge in [-0.2, -0.15) is 0 Å². The molecular formula is C16H20OS. The lowest BCUT2D eigenvalue weighted by Gasteiger charge is -2.32. The lowest BCUT2D eigenvalue weighted by atomic mass is 9.78. The van der Waals surface area contributed by atoms with Crippen molar-refractivity contribution in [1.82, 2.24) is 0 Å². The molecule has 0 amide bonds. The second-order valence-corrected chi connectivity index (χ2v) is 6.36. The van der Waals surface area contributed by atoms with Crippen LogP contribution in [0.4, 0.5) is 0 Å². The van der Waals surface area contributed by atoms with E-state index in [0.717, 1.165) is 19.3 Å². The summed E-state index contributed by atoms with van der Waals surface area (Å²) in [5.41, 5.74) is 0. The standard InChI is InChI=1S/C16H20OS/c1-3-7-13-11-16(15(17)10-12(13)2)18-14-8-5-4-6-9-14/h3-6,8-9,12-13,16H,1,7,10-11H2,2H3. The van der Waals surface area contributed by atoms with E-state index in [0.29, 0.717) is 17.6 Å². The Morgan fingerprint density at radius 2 is 2.11 bits per heavy atom. The minimum Gasteiger partial charge on any atom is -0.298 e. The Hall–Kier alpha value is -1.02. The minimum absolute atomic E-state index is 0.133. The van der Waals surface area contributed by atoms with E-state index in [9.17, 15) is 4.79 Å². The Balaban J connectivity index is 2.03. The zero-order valence-electron chi connectivity index (χ0n) is 10.8. The van der Waals surface area contributed by atoms with Crippen LogP contribution in [0.2, 0.25) is 0 Å². The van der Waals surface area contributed by atoms with Crippen LogP contribution in [0.3, 0.4) is 0 Å². The lowest BCUT2D eigenvalue weighted by Crippen LogP contribution is -2.32. The van der Waals surface area contributed by atoms with Crippen LogP contribution in [0.1, 0.15) is 26.2 Å². The molecule has 3 unspecified atom stereocenters. The molecule has 1 saturated carbocycles. The first kappa shape index (κ1) is 13.4. The number of Topliss-reactive ketones (excluding diaryl/α,β-unsaturated/α-hetero) is 1. The molecule has 1 aromatic carbocycles. The highest BCUT2D eigenvalue weighted by atomic mass is 32.2. The van der Waals surface area contributed by atoms with Gasteiger partial charge in [0.2, 0.25) is 0 Å². The molecule has 0 radical (unpaired) electrons. The number of rotatable bonds is 4. The number of ketones is 1. The molecule has 0 bridgehead atoms. The molecule has 1 aliphatic rings. The first-order valence-electron chi connectivity index (χ1n) is 6.56. The van der Waals surface area contributed by atoms with Crippen LogP contribution in [0.25, 0.3) is 0 Å². The van der Waals surface area contributed by atoms with E-state index in [1.165, 1.54) is 4.90 Å². The summed E-state index contributed by atoms with van der Waals surface area (Å²) in [7, 11) is 0. The summed E-state index contributed by atoms with van der Waals surface area (Å²) in [5.74, 6) is 1.53. The summed E-state index contributed by atoms with van der Waals surface area (Å²) >= 11 is 1.72. The molecule has 1 aromatic rings. The van der Waals surface area contributed by atoms with Crippen molar-refractivity contribution in [1.29, 1.82) is 0 Å². The molecule has 1 nitrogen and oxygen atoms in total. The van der Waals surface area contributed by atoms with Crippen LogP contribution in [0, 0.1) is 11.8 Å². The number of hydrogen-bond donors (Lipinski definition) is 0. The summed E-state index contributed by atoms with van der Waals surface area (Å²) in [6, 6.07) is 10.2. The Bertz CT molecular complexity index is 412. The maximum Gasteiger partial charge on any atom is 0.146 e. The van der Waals surface area contributed by atoms with Crippen molar-refractivity contribution >= 4 is 17.5 Å². The Labute approximate surface area is 114 Å². The van der Waals surface area contributed by atoms with Crippen LogP contribution >= 0.6 is 11.8 Å². The largest absolute Gasteiger partial charge is 0.298 e. The molecule has 2 rings (SSSR count). The molecular weight excluding hydrogens is 240 g/mol. The molecule has 96 valence electrons. The van der Waals surface area contributed by atoms with Gasteiger partial charge in [-0.3, -0.25) is 4.79 Å². The number of benzene rings is 1. The first-order chi connectivity index (χ1) is 8.70. The predicted molar refractivity (Wildman–Crippen MR) is 77.8 cm³/mol. The van der Waals surface area contributed by atoms with Gasteiger partial charge in [0, 0.05) is 11.3 Å². The normalized spacial score (nSPS) is 28.1. The average Bonchev–Trinajstić information content (AvgIpc) is 2.37. The van der Waals surface area contributed by atoms with Gasteiger partial charge in [0.1, 0.15) is 5.78 Å². The first-order valence-corrected chi connectivity index (χ1v) is 7.44. The Morgan fingerprint density at radius 1 is 1.39 bits per heavy atom. The van der Waals surface area contributed by atoms with Gasteiger partial charge in [0.05, 0.1) is 5.25 Å². The van der Waals surface area contributed by atoms with E-state index in [4.69, 9.17) is 0 Å². The van der Waals surface area contributed by atoms with Gasteiger partial charge in [-0.15, -0.1) is 18.3 Å². The van der Waals surface area contributed by atoms with Gasteiger partial charge >= 0.3 is 0 Å². The molecule has 2 heteroatoms. The number of hydrogen-bond acceptors (Lipinski definition) is 2. The number of carbonyl (C=O) groups is 1. The highest BCUT2D eigenvalue weighted by Crippen LogP contribution is 2.38. The number of allylic oxidation sites excluding steroid dienone is 1. The van der Waals surface area contributed by atoms with E-state index < -0.39 is 0 Å².